The fraction of sp³-hybridized carbons (Fsp3) is 0.875. The van der Waals surface area contributed by atoms with Crippen molar-refractivity contribution in [2.24, 2.45) is 5.73 Å². The molecular weight excluding hydrogens is 282 g/mol. The molecule has 0 aromatic heterocycles. The van der Waals surface area contributed by atoms with Crippen LogP contribution >= 0.6 is 0 Å². The van der Waals surface area contributed by atoms with Crippen molar-refractivity contribution in [1.82, 2.24) is 10.2 Å². The summed E-state index contributed by atoms with van der Waals surface area (Å²) in [7, 11) is 0. The van der Waals surface area contributed by atoms with Crippen LogP contribution in [0, 0.1) is 0 Å². The topological polar surface area (TPSA) is 84.7 Å². The average molecular weight is 313 g/mol. The highest BCUT2D eigenvalue weighted by Gasteiger charge is 2.34. The monoisotopic (exact) mass is 313 g/mol. The molecule has 0 saturated heterocycles. The van der Waals surface area contributed by atoms with Crippen molar-refractivity contribution in [3.63, 3.8) is 0 Å². The Hall–Kier alpha value is -1.30. The Morgan fingerprint density at radius 2 is 1.91 bits per heavy atom. The van der Waals surface area contributed by atoms with Gasteiger partial charge in [-0.05, 0) is 47.5 Å². The molecule has 0 spiro atoms. The maximum absolute atomic E-state index is 12.3. The van der Waals surface area contributed by atoms with Crippen LogP contribution in [-0.2, 0) is 9.53 Å². The molecular formula is C16H31N3O3. The van der Waals surface area contributed by atoms with Gasteiger partial charge in [0.05, 0.1) is 18.1 Å². The molecule has 0 radical (unpaired) electrons. The summed E-state index contributed by atoms with van der Waals surface area (Å²) in [5.41, 5.74) is 5.22. The molecule has 1 aliphatic carbocycles. The van der Waals surface area contributed by atoms with E-state index in [0.717, 1.165) is 25.7 Å². The highest BCUT2D eigenvalue weighted by Crippen LogP contribution is 2.24. The lowest BCUT2D eigenvalue weighted by atomic mass is 9.89. The fourth-order valence-electron chi connectivity index (χ4n) is 2.93. The summed E-state index contributed by atoms with van der Waals surface area (Å²) < 4.78 is 5.33. The highest BCUT2D eigenvalue weighted by molar-refractivity contribution is 5.81. The van der Waals surface area contributed by atoms with Crippen molar-refractivity contribution < 1.29 is 14.3 Å². The third-order valence-electron chi connectivity index (χ3n) is 3.85. The van der Waals surface area contributed by atoms with Gasteiger partial charge in [0.15, 0.2) is 0 Å². The minimum absolute atomic E-state index is 0.00947. The maximum atomic E-state index is 12.3. The van der Waals surface area contributed by atoms with E-state index < -0.39 is 17.7 Å². The van der Waals surface area contributed by atoms with Gasteiger partial charge in [-0.1, -0.05) is 12.8 Å². The summed E-state index contributed by atoms with van der Waals surface area (Å²) >= 11 is 0. The summed E-state index contributed by atoms with van der Waals surface area (Å²) in [6.07, 6.45) is 3.41. The average Bonchev–Trinajstić information content (AvgIpc) is 2.39. The van der Waals surface area contributed by atoms with Crippen LogP contribution in [0.4, 0.5) is 4.79 Å². The molecule has 22 heavy (non-hydrogen) atoms. The number of nitrogens with one attached hydrogen (secondary N) is 1. The number of likely N-dealkylation sites (N-methyl/N-ethyl adjacent to an activating group) is 1. The van der Waals surface area contributed by atoms with Crippen molar-refractivity contribution in [3.8, 4) is 0 Å². The lowest BCUT2D eigenvalue weighted by molar-refractivity contribution is -0.135. The third-order valence-corrected chi connectivity index (χ3v) is 3.85. The lowest BCUT2D eigenvalue weighted by Gasteiger charge is -2.40. The molecule has 6 heteroatoms. The molecule has 6 nitrogen and oxygen atoms in total. The summed E-state index contributed by atoms with van der Waals surface area (Å²) in [6.45, 7) is 9.75. The van der Waals surface area contributed by atoms with Gasteiger partial charge in [-0.2, -0.15) is 0 Å². The molecule has 1 rings (SSSR count). The molecule has 2 amide bonds. The zero-order valence-electron chi connectivity index (χ0n) is 14.5. The molecule has 0 heterocycles. The number of alkyl carbamates (subject to hydrolysis) is 1. The Bertz CT molecular complexity index is 391. The first kappa shape index (κ1) is 18.7. The van der Waals surface area contributed by atoms with Crippen LogP contribution in [0.3, 0.4) is 0 Å². The smallest absolute Gasteiger partial charge is 0.407 e. The molecule has 0 aromatic rings. The van der Waals surface area contributed by atoms with Crippen LogP contribution in [0.25, 0.3) is 0 Å². The number of amides is 2. The molecule has 3 N–H and O–H groups in total. The Morgan fingerprint density at radius 1 is 1.32 bits per heavy atom. The molecule has 0 aliphatic heterocycles. The van der Waals surface area contributed by atoms with Crippen LogP contribution < -0.4 is 11.1 Å². The Balaban J connectivity index is 2.78. The first-order valence-electron chi connectivity index (χ1n) is 8.21. The minimum Gasteiger partial charge on any atom is -0.444 e. The summed E-state index contributed by atoms with van der Waals surface area (Å²) in [6, 6.07) is -0.611. The number of rotatable bonds is 4. The van der Waals surface area contributed by atoms with Gasteiger partial charge in [0.1, 0.15) is 5.60 Å². The molecule has 128 valence electrons. The second kappa shape index (κ2) is 7.81. The largest absolute Gasteiger partial charge is 0.444 e. The maximum Gasteiger partial charge on any atom is 0.407 e. The van der Waals surface area contributed by atoms with Crippen LogP contribution in [0.2, 0.25) is 0 Å². The highest BCUT2D eigenvalue weighted by atomic mass is 16.6. The molecule has 0 unspecified atom stereocenters. The van der Waals surface area contributed by atoms with E-state index in [0.29, 0.717) is 6.54 Å². The van der Waals surface area contributed by atoms with Crippen molar-refractivity contribution >= 4 is 12.0 Å². The second-order valence-electron chi connectivity index (χ2n) is 7.02. The first-order chi connectivity index (χ1) is 10.2. The zero-order chi connectivity index (χ0) is 16.9. The lowest BCUT2D eigenvalue weighted by Crippen LogP contribution is -2.57. The Kier molecular flexibility index (Phi) is 6.66. The van der Waals surface area contributed by atoms with Crippen LogP contribution in [0.1, 0.15) is 60.3 Å². The minimum atomic E-state index is -0.527. The number of carbonyl (C=O) groups excluding carboxylic acids is 2. The van der Waals surface area contributed by atoms with Gasteiger partial charge in [-0.25, -0.2) is 4.79 Å². The zero-order valence-corrected chi connectivity index (χ0v) is 14.5. The van der Waals surface area contributed by atoms with E-state index in [1.165, 1.54) is 0 Å². The van der Waals surface area contributed by atoms with Crippen molar-refractivity contribution in [2.45, 2.75) is 84.0 Å². The van der Waals surface area contributed by atoms with E-state index in [-0.39, 0.29) is 18.0 Å². The SMILES string of the molecule is CCN(C(=O)[C@H](C)N)[C@@H]1CCCC[C@@H]1NC(=O)OC(C)(C)C. The van der Waals surface area contributed by atoms with Gasteiger partial charge in [0.2, 0.25) is 5.91 Å². The standard InChI is InChI=1S/C16H31N3O3/c1-6-19(14(20)11(2)17)13-10-8-7-9-12(13)18-15(21)22-16(3,4)5/h11-13H,6-10,17H2,1-5H3,(H,18,21)/t11-,12-,13+/m0/s1. The normalized spacial score (nSPS) is 23.5. The Morgan fingerprint density at radius 3 is 2.41 bits per heavy atom. The number of hydrogen-bond donors (Lipinski definition) is 2. The number of nitrogens with two attached hydrogens (primary N) is 1. The van der Waals surface area contributed by atoms with Gasteiger partial charge in [-0.3, -0.25) is 4.79 Å². The van der Waals surface area contributed by atoms with E-state index in [1.54, 1.807) is 11.8 Å². The molecule has 1 saturated carbocycles. The van der Waals surface area contributed by atoms with Gasteiger partial charge in [0.25, 0.3) is 0 Å². The van der Waals surface area contributed by atoms with E-state index in [2.05, 4.69) is 5.32 Å². The van der Waals surface area contributed by atoms with Crippen LogP contribution in [0.5, 0.6) is 0 Å². The predicted octanol–water partition coefficient (Wildman–Crippen LogP) is 2.02. The molecule has 0 aromatic carbocycles. The van der Waals surface area contributed by atoms with Gasteiger partial charge in [0, 0.05) is 6.54 Å². The van der Waals surface area contributed by atoms with Gasteiger partial charge >= 0.3 is 6.09 Å². The molecule has 3 atom stereocenters. The van der Waals surface area contributed by atoms with Crippen LogP contribution in [-0.4, -0.2) is 47.2 Å². The van der Waals surface area contributed by atoms with Crippen molar-refractivity contribution in [3.05, 3.63) is 0 Å². The first-order valence-corrected chi connectivity index (χ1v) is 8.21. The Labute approximate surface area is 133 Å². The predicted molar refractivity (Wildman–Crippen MR) is 86.5 cm³/mol. The number of carbonyl (C=O) groups is 2. The summed E-state index contributed by atoms with van der Waals surface area (Å²) in [4.78, 5) is 26.1. The molecule has 1 fully saturated rings. The second-order valence-corrected chi connectivity index (χ2v) is 7.02. The van der Waals surface area contributed by atoms with Crippen LogP contribution in [0.15, 0.2) is 0 Å². The van der Waals surface area contributed by atoms with E-state index in [9.17, 15) is 9.59 Å². The fourth-order valence-corrected chi connectivity index (χ4v) is 2.93. The van der Waals surface area contributed by atoms with Crippen molar-refractivity contribution in [1.29, 1.82) is 0 Å². The summed E-state index contributed by atoms with van der Waals surface area (Å²) in [5.74, 6) is -0.0645. The molecule has 1 aliphatic rings. The number of hydrogen-bond acceptors (Lipinski definition) is 4. The van der Waals surface area contributed by atoms with Gasteiger partial charge in [-0.15, -0.1) is 0 Å². The molecule has 0 bridgehead atoms. The van der Waals surface area contributed by atoms with E-state index in [4.69, 9.17) is 10.5 Å². The summed E-state index contributed by atoms with van der Waals surface area (Å²) in [5, 5.41) is 2.94. The van der Waals surface area contributed by atoms with Gasteiger partial charge < -0.3 is 20.7 Å². The van der Waals surface area contributed by atoms with Crippen molar-refractivity contribution in [2.75, 3.05) is 6.54 Å². The van der Waals surface area contributed by atoms with E-state index in [1.807, 2.05) is 27.7 Å². The number of nitrogens with zero attached hydrogens (tertiary/aromatic N) is 1. The quantitative estimate of drug-likeness (QED) is 0.831. The third kappa shape index (κ3) is 5.48. The van der Waals surface area contributed by atoms with E-state index >= 15 is 0 Å². The number of ether oxygens (including phenoxy) is 1.